The van der Waals surface area contributed by atoms with Crippen molar-refractivity contribution in [2.45, 2.75) is 123 Å². The zero-order chi connectivity index (χ0) is 32.9. The molecule has 2 aliphatic heterocycles. The number of methoxy groups -OCH3 is 1. The molecule has 0 aromatic carbocycles. The van der Waals surface area contributed by atoms with Gasteiger partial charge in [-0.05, 0) is 79.6 Å². The summed E-state index contributed by atoms with van der Waals surface area (Å²) in [6.45, 7) is 17.9. The maximum absolute atomic E-state index is 13.6. The van der Waals surface area contributed by atoms with E-state index in [4.69, 9.17) is 23.7 Å². The van der Waals surface area contributed by atoms with Gasteiger partial charge in [0.1, 0.15) is 30.2 Å². The zero-order valence-electron chi connectivity index (χ0n) is 28.0. The van der Waals surface area contributed by atoms with E-state index in [0.29, 0.717) is 18.4 Å². The number of carbonyl (C=O) groups is 2. The molecule has 0 aromatic rings. The Morgan fingerprint density at radius 2 is 1.81 bits per heavy atom. The third kappa shape index (κ3) is 8.77. The Hall–Kier alpha value is -2.08. The average molecular weight is 610 g/mol. The van der Waals surface area contributed by atoms with Gasteiger partial charge in [-0.15, -0.1) is 0 Å². The average Bonchev–Trinajstić information content (AvgIpc) is 2.94. The maximum atomic E-state index is 13.6. The number of aliphatic hydroxyl groups excluding tert-OH is 1. The van der Waals surface area contributed by atoms with Crippen LogP contribution in [0, 0.1) is 11.8 Å². The van der Waals surface area contributed by atoms with Crippen molar-refractivity contribution in [2.24, 2.45) is 11.8 Å². The van der Waals surface area contributed by atoms with E-state index in [-0.39, 0.29) is 42.3 Å². The van der Waals surface area contributed by atoms with Gasteiger partial charge in [0.25, 0.3) is 0 Å². The topological polar surface area (TPSA) is 124 Å². The monoisotopic (exact) mass is 609 g/mol. The number of hydrogen-bond acceptors (Lipinski definition) is 10. The van der Waals surface area contributed by atoms with Gasteiger partial charge in [-0.1, -0.05) is 33.4 Å². The van der Waals surface area contributed by atoms with E-state index < -0.39 is 53.6 Å². The second kappa shape index (κ2) is 15.3. The molecule has 0 aliphatic carbocycles. The molecule has 0 aromatic heterocycles. The van der Waals surface area contributed by atoms with Gasteiger partial charge in [0.2, 0.25) is 0 Å². The summed E-state index contributed by atoms with van der Waals surface area (Å²) >= 11 is 0. The van der Waals surface area contributed by atoms with Crippen LogP contribution in [0.5, 0.6) is 0 Å². The Labute approximate surface area is 258 Å². The summed E-state index contributed by atoms with van der Waals surface area (Å²) in [5.74, 6) is -1.73. The van der Waals surface area contributed by atoms with E-state index >= 15 is 0 Å². The number of Topliss-reactive ketones (excluding diaryl/α,β-unsaturated/α-hetero) is 1. The summed E-state index contributed by atoms with van der Waals surface area (Å²) in [6, 6.07) is -0.216. The van der Waals surface area contributed by atoms with Gasteiger partial charge in [-0.2, -0.15) is 0 Å². The molecule has 0 unspecified atom stereocenters. The van der Waals surface area contributed by atoms with Crippen LogP contribution < -0.4 is 0 Å². The fourth-order valence-corrected chi connectivity index (χ4v) is 6.40. The molecule has 0 bridgehead atoms. The summed E-state index contributed by atoms with van der Waals surface area (Å²) in [6.07, 6.45) is 0.243. The molecule has 0 radical (unpaired) electrons. The first kappa shape index (κ1) is 37.1. The van der Waals surface area contributed by atoms with E-state index in [0.717, 1.165) is 0 Å². The first-order valence-corrected chi connectivity index (χ1v) is 15.3. The van der Waals surface area contributed by atoms with Gasteiger partial charge in [-0.25, -0.2) is 4.79 Å². The Balaban J connectivity index is 2.78. The first-order valence-electron chi connectivity index (χ1n) is 15.3. The molecular formula is C33H55NO9. The Bertz CT molecular complexity index is 1050. The minimum absolute atomic E-state index is 0.106. The standard InChI is InChI=1S/C33H55NO9/c1-13-15-40-28-22(6)29(43-31-27(36)24(34(10)11)16-21(5)41-31)33(9,39-12)18-20(4)26(35)19(3)17-32(8,38)25(14-2)42-30(37)23(28)7/h13,17,20-22,24-25,27,29,31,36,38H,1,14-16,18H2,2-12H3/b19-17+,28-23+/t20-,21-,22+,24+,25-,27-,29-,31+,32+,33-/m1/s1. The van der Waals surface area contributed by atoms with Gasteiger partial charge in [0.05, 0.1) is 23.4 Å². The Morgan fingerprint density at radius 3 is 2.35 bits per heavy atom. The maximum Gasteiger partial charge on any atom is 0.337 e. The quantitative estimate of drug-likeness (QED) is 0.309. The number of ether oxygens (including phenoxy) is 5. The van der Waals surface area contributed by atoms with Gasteiger partial charge in [-0.3, -0.25) is 4.79 Å². The molecule has 0 saturated carbocycles. The summed E-state index contributed by atoms with van der Waals surface area (Å²) in [4.78, 5) is 29.1. The highest BCUT2D eigenvalue weighted by Crippen LogP contribution is 2.39. The smallest absolute Gasteiger partial charge is 0.337 e. The summed E-state index contributed by atoms with van der Waals surface area (Å²) in [5.41, 5.74) is -2.16. The predicted molar refractivity (Wildman–Crippen MR) is 164 cm³/mol. The second-order valence-corrected chi connectivity index (χ2v) is 12.8. The van der Waals surface area contributed by atoms with Crippen LogP contribution in [0.15, 0.2) is 35.6 Å². The lowest BCUT2D eigenvalue weighted by atomic mass is 9.78. The van der Waals surface area contributed by atoms with Crippen LogP contribution in [0.2, 0.25) is 0 Å². The van der Waals surface area contributed by atoms with Gasteiger partial charge >= 0.3 is 5.97 Å². The molecule has 0 amide bonds. The van der Waals surface area contributed by atoms with Crippen LogP contribution in [-0.2, 0) is 33.3 Å². The molecule has 2 heterocycles. The van der Waals surface area contributed by atoms with Crippen LogP contribution in [0.25, 0.3) is 0 Å². The van der Waals surface area contributed by atoms with Crippen molar-refractivity contribution >= 4 is 11.8 Å². The van der Waals surface area contributed by atoms with E-state index in [1.807, 2.05) is 46.7 Å². The highest BCUT2D eigenvalue weighted by Gasteiger charge is 2.48. The molecule has 10 atom stereocenters. The molecule has 0 spiro atoms. The predicted octanol–water partition coefficient (Wildman–Crippen LogP) is 3.94. The molecular weight excluding hydrogens is 554 g/mol. The summed E-state index contributed by atoms with van der Waals surface area (Å²) < 4.78 is 30.9. The van der Waals surface area contributed by atoms with Crippen LogP contribution in [0.4, 0.5) is 0 Å². The van der Waals surface area contributed by atoms with Crippen molar-refractivity contribution in [3.05, 3.63) is 35.6 Å². The minimum atomic E-state index is -1.59. The Morgan fingerprint density at radius 1 is 1.19 bits per heavy atom. The lowest BCUT2D eigenvalue weighted by Crippen LogP contribution is -2.58. The van der Waals surface area contributed by atoms with E-state index in [1.165, 1.54) is 13.0 Å². The SMILES string of the molecule is C=CCO/C1=C(\C)C(=O)O[C@H](CC)[C@@](C)(O)/C=C(\C)C(=O)[C@H](C)C[C@@](C)(OC)[C@H](O[C@@H]2O[C@H](C)C[C@H](N(C)C)[C@H]2O)[C@H]1C. The van der Waals surface area contributed by atoms with Crippen LogP contribution in [-0.4, -0.2) is 103 Å². The van der Waals surface area contributed by atoms with Crippen LogP contribution in [0.3, 0.4) is 0 Å². The number of aliphatic hydroxyl groups is 2. The van der Waals surface area contributed by atoms with Gasteiger partial charge < -0.3 is 38.8 Å². The number of likely N-dealkylation sites (N-methyl/N-ethyl adjacent to an activating group) is 1. The molecule has 2 N–H and O–H groups in total. The molecule has 1 fully saturated rings. The number of hydrogen-bond donors (Lipinski definition) is 2. The van der Waals surface area contributed by atoms with Crippen molar-refractivity contribution in [2.75, 3.05) is 27.8 Å². The van der Waals surface area contributed by atoms with Crippen molar-refractivity contribution in [1.82, 2.24) is 4.90 Å². The number of rotatable bonds is 8. The third-order valence-electron chi connectivity index (χ3n) is 8.85. The van der Waals surface area contributed by atoms with Crippen molar-refractivity contribution in [3.63, 3.8) is 0 Å². The first-order chi connectivity index (χ1) is 19.9. The largest absolute Gasteiger partial charge is 0.493 e. The molecule has 1 saturated heterocycles. The number of allylic oxidation sites excluding steroid dienone is 1. The fourth-order valence-electron chi connectivity index (χ4n) is 6.40. The van der Waals surface area contributed by atoms with Crippen molar-refractivity contribution in [1.29, 1.82) is 0 Å². The van der Waals surface area contributed by atoms with Gasteiger partial charge in [0.15, 0.2) is 12.1 Å². The lowest BCUT2D eigenvalue weighted by molar-refractivity contribution is -0.296. The number of nitrogens with zero attached hydrogens (tertiary/aromatic N) is 1. The Kier molecular flexibility index (Phi) is 13.2. The van der Waals surface area contributed by atoms with E-state index in [1.54, 1.807) is 34.0 Å². The molecule has 10 heteroatoms. The third-order valence-corrected chi connectivity index (χ3v) is 8.85. The molecule has 2 aliphatic rings. The normalized spacial score (nSPS) is 41.7. The highest BCUT2D eigenvalue weighted by atomic mass is 16.7. The molecule has 246 valence electrons. The van der Waals surface area contributed by atoms with Crippen molar-refractivity contribution < 1.29 is 43.5 Å². The second-order valence-electron chi connectivity index (χ2n) is 12.8. The van der Waals surface area contributed by atoms with E-state index in [2.05, 4.69) is 6.58 Å². The fraction of sp³-hybridized carbons (Fsp3) is 0.758. The molecule has 10 nitrogen and oxygen atoms in total. The summed E-state index contributed by atoms with van der Waals surface area (Å²) in [5, 5.41) is 22.7. The number of esters is 1. The van der Waals surface area contributed by atoms with Gasteiger partial charge in [0, 0.05) is 25.0 Å². The number of cyclic esters (lactones) is 1. The van der Waals surface area contributed by atoms with Crippen LogP contribution >= 0.6 is 0 Å². The minimum Gasteiger partial charge on any atom is -0.493 e. The molecule has 2 rings (SSSR count). The number of ketones is 1. The summed E-state index contributed by atoms with van der Waals surface area (Å²) in [7, 11) is 5.34. The van der Waals surface area contributed by atoms with Crippen LogP contribution in [0.1, 0.15) is 74.7 Å². The van der Waals surface area contributed by atoms with Crippen molar-refractivity contribution in [3.8, 4) is 0 Å². The number of carbonyl (C=O) groups excluding carboxylic acids is 2. The highest BCUT2D eigenvalue weighted by molar-refractivity contribution is 5.96. The zero-order valence-corrected chi connectivity index (χ0v) is 28.0. The lowest BCUT2D eigenvalue weighted by Gasteiger charge is -2.47. The van der Waals surface area contributed by atoms with E-state index in [9.17, 15) is 19.8 Å². The molecule has 43 heavy (non-hydrogen) atoms.